The molecule has 0 atom stereocenters. The SMILES string of the molecule is CCNCC(=O)NCCCN1CCCCC1. The van der Waals surface area contributed by atoms with Crippen molar-refractivity contribution in [1.82, 2.24) is 15.5 Å². The molecule has 4 nitrogen and oxygen atoms in total. The molecule has 0 spiro atoms. The molecule has 0 aromatic heterocycles. The fourth-order valence-corrected chi connectivity index (χ4v) is 2.01. The van der Waals surface area contributed by atoms with Gasteiger partial charge in [-0.2, -0.15) is 0 Å². The van der Waals surface area contributed by atoms with Crippen molar-refractivity contribution in [3.8, 4) is 0 Å². The van der Waals surface area contributed by atoms with Crippen LogP contribution in [-0.2, 0) is 4.79 Å². The maximum absolute atomic E-state index is 11.3. The molecule has 1 aliphatic rings. The zero-order chi connectivity index (χ0) is 11.6. The van der Waals surface area contributed by atoms with Gasteiger partial charge in [-0.05, 0) is 45.4 Å². The van der Waals surface area contributed by atoms with E-state index in [1.165, 1.54) is 32.4 Å². The van der Waals surface area contributed by atoms with E-state index in [1.807, 2.05) is 6.92 Å². The fourth-order valence-electron chi connectivity index (χ4n) is 2.01. The number of hydrogen-bond acceptors (Lipinski definition) is 3. The molecule has 0 aliphatic carbocycles. The van der Waals surface area contributed by atoms with Gasteiger partial charge in [0.1, 0.15) is 0 Å². The highest BCUT2D eigenvalue weighted by atomic mass is 16.1. The van der Waals surface area contributed by atoms with Gasteiger partial charge >= 0.3 is 0 Å². The minimum atomic E-state index is 0.112. The average molecular weight is 227 g/mol. The molecule has 0 aromatic rings. The number of rotatable bonds is 7. The van der Waals surface area contributed by atoms with Crippen LogP contribution in [-0.4, -0.2) is 50.1 Å². The largest absolute Gasteiger partial charge is 0.355 e. The molecule has 94 valence electrons. The third-order valence-electron chi connectivity index (χ3n) is 2.96. The normalized spacial score (nSPS) is 17.3. The third-order valence-corrected chi connectivity index (χ3v) is 2.96. The number of amides is 1. The Morgan fingerprint density at radius 3 is 2.69 bits per heavy atom. The molecule has 1 fully saturated rings. The summed E-state index contributed by atoms with van der Waals surface area (Å²) < 4.78 is 0. The number of nitrogens with zero attached hydrogens (tertiary/aromatic N) is 1. The molecule has 1 heterocycles. The Balaban J connectivity index is 1.92. The number of carbonyl (C=O) groups excluding carboxylic acids is 1. The molecule has 1 aliphatic heterocycles. The van der Waals surface area contributed by atoms with Crippen molar-refractivity contribution >= 4 is 5.91 Å². The first-order chi connectivity index (χ1) is 7.83. The van der Waals surface area contributed by atoms with E-state index in [0.29, 0.717) is 6.54 Å². The summed E-state index contributed by atoms with van der Waals surface area (Å²) in [5.41, 5.74) is 0. The molecule has 0 unspecified atom stereocenters. The lowest BCUT2D eigenvalue weighted by Crippen LogP contribution is -2.36. The lowest BCUT2D eigenvalue weighted by Gasteiger charge is -2.26. The molecule has 0 radical (unpaired) electrons. The number of likely N-dealkylation sites (tertiary alicyclic amines) is 1. The van der Waals surface area contributed by atoms with Gasteiger partial charge in [-0.15, -0.1) is 0 Å². The number of hydrogen-bond donors (Lipinski definition) is 2. The van der Waals surface area contributed by atoms with Crippen LogP contribution in [0.3, 0.4) is 0 Å². The van der Waals surface area contributed by atoms with Crippen LogP contribution in [0.1, 0.15) is 32.6 Å². The van der Waals surface area contributed by atoms with Crippen LogP contribution in [0, 0.1) is 0 Å². The summed E-state index contributed by atoms with van der Waals surface area (Å²) in [5, 5.41) is 5.94. The van der Waals surface area contributed by atoms with E-state index in [2.05, 4.69) is 15.5 Å². The number of piperidine rings is 1. The lowest BCUT2D eigenvalue weighted by atomic mass is 10.1. The van der Waals surface area contributed by atoms with Crippen molar-refractivity contribution < 1.29 is 4.79 Å². The highest BCUT2D eigenvalue weighted by Crippen LogP contribution is 2.08. The van der Waals surface area contributed by atoms with Crippen molar-refractivity contribution in [2.45, 2.75) is 32.6 Å². The summed E-state index contributed by atoms with van der Waals surface area (Å²) in [5.74, 6) is 0.112. The highest BCUT2D eigenvalue weighted by Gasteiger charge is 2.08. The molecule has 0 bridgehead atoms. The second-order valence-corrected chi connectivity index (χ2v) is 4.39. The monoisotopic (exact) mass is 227 g/mol. The van der Waals surface area contributed by atoms with Gasteiger partial charge in [0.05, 0.1) is 6.54 Å². The quantitative estimate of drug-likeness (QED) is 0.626. The minimum Gasteiger partial charge on any atom is -0.355 e. The molecule has 2 N–H and O–H groups in total. The molecular weight excluding hydrogens is 202 g/mol. The highest BCUT2D eigenvalue weighted by molar-refractivity contribution is 5.77. The van der Waals surface area contributed by atoms with Gasteiger partial charge in [-0.1, -0.05) is 13.3 Å². The topological polar surface area (TPSA) is 44.4 Å². The predicted molar refractivity (Wildman–Crippen MR) is 66.5 cm³/mol. The fraction of sp³-hybridized carbons (Fsp3) is 0.917. The van der Waals surface area contributed by atoms with E-state index in [0.717, 1.165) is 26.1 Å². The third kappa shape index (κ3) is 6.08. The van der Waals surface area contributed by atoms with E-state index >= 15 is 0 Å². The molecule has 0 aromatic carbocycles. The lowest BCUT2D eigenvalue weighted by molar-refractivity contribution is -0.120. The van der Waals surface area contributed by atoms with Gasteiger partial charge in [0.2, 0.25) is 5.91 Å². The van der Waals surface area contributed by atoms with Crippen LogP contribution in [0.15, 0.2) is 0 Å². The maximum atomic E-state index is 11.3. The van der Waals surface area contributed by atoms with Crippen LogP contribution in [0.25, 0.3) is 0 Å². The Morgan fingerprint density at radius 1 is 1.25 bits per heavy atom. The van der Waals surface area contributed by atoms with Crippen molar-refractivity contribution in [3.05, 3.63) is 0 Å². The Labute approximate surface area is 98.8 Å². The van der Waals surface area contributed by atoms with E-state index in [-0.39, 0.29) is 5.91 Å². The van der Waals surface area contributed by atoms with Crippen molar-refractivity contribution in [1.29, 1.82) is 0 Å². The van der Waals surface area contributed by atoms with E-state index in [1.54, 1.807) is 0 Å². The Kier molecular flexibility index (Phi) is 7.17. The van der Waals surface area contributed by atoms with Gasteiger partial charge in [-0.3, -0.25) is 4.79 Å². The predicted octanol–water partition coefficient (Wildman–Crippen LogP) is 0.588. The zero-order valence-electron chi connectivity index (χ0n) is 10.4. The Bertz CT molecular complexity index is 191. The van der Waals surface area contributed by atoms with Crippen LogP contribution in [0.2, 0.25) is 0 Å². The molecule has 1 saturated heterocycles. The van der Waals surface area contributed by atoms with Gasteiger partial charge in [0.15, 0.2) is 0 Å². The summed E-state index contributed by atoms with van der Waals surface area (Å²) in [6.07, 6.45) is 5.13. The van der Waals surface area contributed by atoms with Gasteiger partial charge in [0.25, 0.3) is 0 Å². The van der Waals surface area contributed by atoms with Gasteiger partial charge < -0.3 is 15.5 Å². The maximum Gasteiger partial charge on any atom is 0.233 e. The molecular formula is C12H25N3O. The van der Waals surface area contributed by atoms with Crippen molar-refractivity contribution in [3.63, 3.8) is 0 Å². The molecule has 16 heavy (non-hydrogen) atoms. The summed E-state index contributed by atoms with van der Waals surface area (Å²) in [6, 6.07) is 0. The number of nitrogens with one attached hydrogen (secondary N) is 2. The van der Waals surface area contributed by atoms with E-state index in [4.69, 9.17) is 0 Å². The van der Waals surface area contributed by atoms with Crippen LogP contribution in [0.5, 0.6) is 0 Å². The zero-order valence-corrected chi connectivity index (χ0v) is 10.4. The standard InChI is InChI=1S/C12H25N3O/c1-2-13-11-12(16)14-7-6-10-15-8-4-3-5-9-15/h13H,2-11H2,1H3,(H,14,16). The summed E-state index contributed by atoms with van der Waals surface area (Å²) in [6.45, 7) is 7.71. The van der Waals surface area contributed by atoms with Gasteiger partial charge in [-0.25, -0.2) is 0 Å². The van der Waals surface area contributed by atoms with Gasteiger partial charge in [0, 0.05) is 6.54 Å². The first-order valence-corrected chi connectivity index (χ1v) is 6.52. The second kappa shape index (κ2) is 8.53. The smallest absolute Gasteiger partial charge is 0.233 e. The summed E-state index contributed by atoms with van der Waals surface area (Å²) in [4.78, 5) is 13.8. The van der Waals surface area contributed by atoms with Crippen LogP contribution in [0.4, 0.5) is 0 Å². The van der Waals surface area contributed by atoms with E-state index in [9.17, 15) is 4.79 Å². The molecule has 4 heteroatoms. The molecule has 1 amide bonds. The van der Waals surface area contributed by atoms with Crippen LogP contribution >= 0.6 is 0 Å². The average Bonchev–Trinajstić information content (AvgIpc) is 2.33. The summed E-state index contributed by atoms with van der Waals surface area (Å²) >= 11 is 0. The first-order valence-electron chi connectivity index (χ1n) is 6.52. The van der Waals surface area contributed by atoms with Crippen molar-refractivity contribution in [2.75, 3.05) is 39.3 Å². The minimum absolute atomic E-state index is 0.112. The summed E-state index contributed by atoms with van der Waals surface area (Å²) in [7, 11) is 0. The Morgan fingerprint density at radius 2 is 2.00 bits per heavy atom. The molecule has 1 rings (SSSR count). The second-order valence-electron chi connectivity index (χ2n) is 4.39. The number of likely N-dealkylation sites (N-methyl/N-ethyl adjacent to an activating group) is 1. The van der Waals surface area contributed by atoms with Crippen LogP contribution < -0.4 is 10.6 Å². The Hall–Kier alpha value is -0.610. The van der Waals surface area contributed by atoms with E-state index < -0.39 is 0 Å². The first kappa shape index (κ1) is 13.5. The number of carbonyl (C=O) groups is 1. The molecule has 0 saturated carbocycles. The van der Waals surface area contributed by atoms with Crippen molar-refractivity contribution in [2.24, 2.45) is 0 Å².